The molecule has 7 heteroatoms. The fourth-order valence-corrected chi connectivity index (χ4v) is 2.82. The highest BCUT2D eigenvalue weighted by Crippen LogP contribution is 2.29. The van der Waals surface area contributed by atoms with Crippen LogP contribution in [0.25, 0.3) is 10.9 Å². The number of hydrogen-bond acceptors (Lipinski definition) is 4. The van der Waals surface area contributed by atoms with Crippen molar-refractivity contribution in [2.75, 3.05) is 0 Å². The van der Waals surface area contributed by atoms with Crippen LogP contribution in [-0.4, -0.2) is 32.1 Å². The summed E-state index contributed by atoms with van der Waals surface area (Å²) in [5.74, 6) is 0.989. The van der Waals surface area contributed by atoms with E-state index in [0.717, 1.165) is 29.3 Å². The van der Waals surface area contributed by atoms with Gasteiger partial charge in [-0.15, -0.1) is 0 Å². The molecule has 1 aliphatic rings. The third-order valence-electron chi connectivity index (χ3n) is 4.19. The van der Waals surface area contributed by atoms with Crippen molar-refractivity contribution in [1.29, 1.82) is 0 Å². The average Bonchev–Trinajstić information content (AvgIpc) is 3.16. The predicted octanol–water partition coefficient (Wildman–Crippen LogP) is 2.73. The van der Waals surface area contributed by atoms with Gasteiger partial charge in [-0.05, 0) is 42.0 Å². The van der Waals surface area contributed by atoms with E-state index in [-0.39, 0.29) is 12.6 Å². The number of rotatable bonds is 5. The minimum absolute atomic E-state index is 0.0888. The van der Waals surface area contributed by atoms with Gasteiger partial charge in [0.1, 0.15) is 0 Å². The van der Waals surface area contributed by atoms with Crippen molar-refractivity contribution in [3.8, 4) is 0 Å². The van der Waals surface area contributed by atoms with Gasteiger partial charge in [0.05, 0.1) is 6.54 Å². The topological polar surface area (TPSA) is 87.0 Å². The summed E-state index contributed by atoms with van der Waals surface area (Å²) in [4.78, 5) is 21.7. The minimum atomic E-state index is -0.0888. The maximum absolute atomic E-state index is 12.5. The SMILES string of the molecule is Cc1nc(CNC(=O)N(Cc2ccc3[nH]ccc3c2)C2CC2)no1. The Bertz CT molecular complexity index is 865. The normalized spacial score (nSPS) is 14.0. The van der Waals surface area contributed by atoms with Gasteiger partial charge in [0, 0.05) is 31.2 Å². The molecule has 2 aromatic heterocycles. The van der Waals surface area contributed by atoms with E-state index >= 15 is 0 Å². The van der Waals surface area contributed by atoms with Gasteiger partial charge in [0.2, 0.25) is 5.89 Å². The van der Waals surface area contributed by atoms with Gasteiger partial charge in [-0.2, -0.15) is 4.98 Å². The number of urea groups is 1. The summed E-state index contributed by atoms with van der Waals surface area (Å²) in [5, 5.41) is 7.84. The van der Waals surface area contributed by atoms with E-state index in [4.69, 9.17) is 4.52 Å². The second kappa shape index (κ2) is 5.99. The van der Waals surface area contributed by atoms with Crippen LogP contribution in [-0.2, 0) is 13.1 Å². The first-order valence-corrected chi connectivity index (χ1v) is 8.09. The van der Waals surface area contributed by atoms with E-state index in [2.05, 4.69) is 38.6 Å². The molecule has 124 valence electrons. The van der Waals surface area contributed by atoms with Crippen molar-refractivity contribution in [2.45, 2.75) is 38.9 Å². The number of nitrogens with one attached hydrogen (secondary N) is 2. The molecule has 2 amide bonds. The second-order valence-electron chi connectivity index (χ2n) is 6.15. The number of aromatic nitrogens is 3. The first-order chi connectivity index (χ1) is 11.7. The molecule has 1 saturated carbocycles. The van der Waals surface area contributed by atoms with E-state index < -0.39 is 0 Å². The quantitative estimate of drug-likeness (QED) is 0.755. The summed E-state index contributed by atoms with van der Waals surface area (Å²) in [6.45, 7) is 2.60. The second-order valence-corrected chi connectivity index (χ2v) is 6.15. The molecule has 2 heterocycles. The molecular weight excluding hydrogens is 306 g/mol. The number of fused-ring (bicyclic) bond motifs is 1. The van der Waals surface area contributed by atoms with E-state index in [1.54, 1.807) is 6.92 Å². The summed E-state index contributed by atoms with van der Waals surface area (Å²) in [6.07, 6.45) is 4.04. The van der Waals surface area contributed by atoms with Crippen LogP contribution in [0.1, 0.15) is 30.1 Å². The van der Waals surface area contributed by atoms with Gasteiger partial charge in [-0.25, -0.2) is 4.79 Å². The molecule has 1 aliphatic carbocycles. The maximum atomic E-state index is 12.5. The lowest BCUT2D eigenvalue weighted by atomic mass is 10.1. The van der Waals surface area contributed by atoms with Gasteiger partial charge in [0.25, 0.3) is 0 Å². The summed E-state index contributed by atoms with van der Waals surface area (Å²) in [5.41, 5.74) is 2.23. The van der Waals surface area contributed by atoms with Crippen molar-refractivity contribution in [3.05, 3.63) is 47.7 Å². The van der Waals surface area contributed by atoms with Crippen LogP contribution in [0.4, 0.5) is 4.79 Å². The third-order valence-corrected chi connectivity index (χ3v) is 4.19. The van der Waals surface area contributed by atoms with Crippen molar-refractivity contribution in [3.63, 3.8) is 0 Å². The zero-order valence-corrected chi connectivity index (χ0v) is 13.5. The van der Waals surface area contributed by atoms with Crippen LogP contribution in [0.3, 0.4) is 0 Å². The van der Waals surface area contributed by atoms with Crippen molar-refractivity contribution >= 4 is 16.9 Å². The molecular formula is C17H19N5O2. The lowest BCUT2D eigenvalue weighted by Crippen LogP contribution is -2.40. The molecule has 0 atom stereocenters. The van der Waals surface area contributed by atoms with Crippen LogP contribution in [0.5, 0.6) is 0 Å². The monoisotopic (exact) mass is 325 g/mol. The van der Waals surface area contributed by atoms with Crippen LogP contribution >= 0.6 is 0 Å². The molecule has 1 fully saturated rings. The largest absolute Gasteiger partial charge is 0.361 e. The number of carbonyl (C=O) groups excluding carboxylic acids is 1. The average molecular weight is 325 g/mol. The number of hydrogen-bond donors (Lipinski definition) is 2. The van der Waals surface area contributed by atoms with Crippen LogP contribution in [0.15, 0.2) is 35.0 Å². The number of aromatic amines is 1. The zero-order valence-electron chi connectivity index (χ0n) is 13.5. The Balaban J connectivity index is 1.44. The zero-order chi connectivity index (χ0) is 16.5. The van der Waals surface area contributed by atoms with Crippen LogP contribution in [0, 0.1) is 6.92 Å². The molecule has 0 bridgehead atoms. The molecule has 0 spiro atoms. The lowest BCUT2D eigenvalue weighted by molar-refractivity contribution is 0.191. The summed E-state index contributed by atoms with van der Waals surface area (Å²) < 4.78 is 4.92. The first-order valence-electron chi connectivity index (χ1n) is 8.09. The molecule has 1 aromatic carbocycles. The summed E-state index contributed by atoms with van der Waals surface area (Å²) >= 11 is 0. The Kier molecular flexibility index (Phi) is 3.68. The van der Waals surface area contributed by atoms with E-state index in [0.29, 0.717) is 24.3 Å². The highest BCUT2D eigenvalue weighted by Gasteiger charge is 2.32. The first kappa shape index (κ1) is 14.7. The smallest absolute Gasteiger partial charge is 0.318 e. The Hall–Kier alpha value is -2.83. The lowest BCUT2D eigenvalue weighted by Gasteiger charge is -2.22. The van der Waals surface area contributed by atoms with Gasteiger partial charge in [-0.3, -0.25) is 0 Å². The summed E-state index contributed by atoms with van der Waals surface area (Å²) in [6, 6.07) is 8.50. The number of carbonyl (C=O) groups is 1. The molecule has 0 radical (unpaired) electrons. The Morgan fingerprint density at radius 2 is 2.29 bits per heavy atom. The molecule has 0 saturated heterocycles. The van der Waals surface area contributed by atoms with Crippen molar-refractivity contribution in [2.24, 2.45) is 0 Å². The number of aryl methyl sites for hydroxylation is 1. The number of amides is 2. The fraction of sp³-hybridized carbons (Fsp3) is 0.353. The number of H-pyrrole nitrogens is 1. The van der Waals surface area contributed by atoms with E-state index in [9.17, 15) is 4.79 Å². The van der Waals surface area contributed by atoms with Gasteiger partial charge in [-0.1, -0.05) is 11.2 Å². The van der Waals surface area contributed by atoms with Gasteiger partial charge < -0.3 is 19.7 Å². The molecule has 24 heavy (non-hydrogen) atoms. The Morgan fingerprint density at radius 1 is 1.42 bits per heavy atom. The van der Waals surface area contributed by atoms with Crippen LogP contribution < -0.4 is 5.32 Å². The predicted molar refractivity (Wildman–Crippen MR) is 88.1 cm³/mol. The Morgan fingerprint density at radius 3 is 3.04 bits per heavy atom. The standard InChI is InChI=1S/C17H19N5O2/c1-11-20-16(21-24-11)9-19-17(23)22(14-3-4-14)10-12-2-5-15-13(8-12)6-7-18-15/h2,5-8,14,18H,3-4,9-10H2,1H3,(H,19,23). The maximum Gasteiger partial charge on any atom is 0.318 e. The van der Waals surface area contributed by atoms with Gasteiger partial charge in [0.15, 0.2) is 5.82 Å². The third kappa shape index (κ3) is 3.10. The molecule has 2 N–H and O–H groups in total. The number of benzene rings is 1. The highest BCUT2D eigenvalue weighted by molar-refractivity contribution is 5.80. The molecule has 0 unspecified atom stereocenters. The highest BCUT2D eigenvalue weighted by atomic mass is 16.5. The van der Waals surface area contributed by atoms with Crippen LogP contribution in [0.2, 0.25) is 0 Å². The Labute approximate surface area is 139 Å². The van der Waals surface area contributed by atoms with E-state index in [1.807, 2.05) is 17.2 Å². The molecule has 0 aliphatic heterocycles. The van der Waals surface area contributed by atoms with Crippen molar-refractivity contribution < 1.29 is 9.32 Å². The van der Waals surface area contributed by atoms with Gasteiger partial charge >= 0.3 is 6.03 Å². The molecule has 3 aromatic rings. The summed E-state index contributed by atoms with van der Waals surface area (Å²) in [7, 11) is 0. The van der Waals surface area contributed by atoms with Crippen molar-refractivity contribution in [1.82, 2.24) is 25.3 Å². The molecule has 4 rings (SSSR count). The number of nitrogens with zero attached hydrogens (tertiary/aromatic N) is 3. The molecule has 7 nitrogen and oxygen atoms in total. The van der Waals surface area contributed by atoms with E-state index in [1.165, 1.54) is 0 Å². The minimum Gasteiger partial charge on any atom is -0.361 e. The fourth-order valence-electron chi connectivity index (χ4n) is 2.82.